The zero-order valence-electron chi connectivity index (χ0n) is 17.0. The van der Waals surface area contributed by atoms with Gasteiger partial charge in [-0.3, -0.25) is 14.5 Å². The van der Waals surface area contributed by atoms with Gasteiger partial charge in [-0.25, -0.2) is 0 Å². The SMILES string of the molecule is Cc1ccc(NC(=O)CC2S/C(=N/S(=O)(=O)c3cccs3)N(c3ccccc3)C2=O)cc1. The van der Waals surface area contributed by atoms with Crippen LogP contribution in [0.1, 0.15) is 12.0 Å². The van der Waals surface area contributed by atoms with Crippen LogP contribution in [0.3, 0.4) is 0 Å². The third kappa shape index (κ3) is 4.93. The van der Waals surface area contributed by atoms with Crippen molar-refractivity contribution in [2.45, 2.75) is 22.8 Å². The number of aryl methyl sites for hydroxylation is 1. The van der Waals surface area contributed by atoms with Gasteiger partial charge in [0.2, 0.25) is 11.8 Å². The van der Waals surface area contributed by atoms with Crippen LogP contribution in [0.25, 0.3) is 0 Å². The maximum Gasteiger partial charge on any atom is 0.294 e. The Balaban J connectivity index is 1.60. The highest BCUT2D eigenvalue weighted by Crippen LogP contribution is 2.35. The van der Waals surface area contributed by atoms with Crippen LogP contribution < -0.4 is 10.2 Å². The Labute approximate surface area is 194 Å². The fraction of sp³-hybridized carbons (Fsp3) is 0.136. The van der Waals surface area contributed by atoms with Crippen molar-refractivity contribution >= 4 is 61.5 Å². The van der Waals surface area contributed by atoms with Crippen molar-refractivity contribution in [1.29, 1.82) is 0 Å². The van der Waals surface area contributed by atoms with Gasteiger partial charge in [-0.15, -0.1) is 15.7 Å². The molecule has 1 aliphatic heterocycles. The standard InChI is InChI=1S/C22H19N3O4S3/c1-15-9-11-16(12-10-15)23-19(26)14-18-21(27)25(17-6-3-2-4-7-17)22(31-18)24-32(28,29)20-8-5-13-30-20/h2-13,18H,14H2,1H3,(H,23,26)/b24-22+. The number of benzene rings is 2. The molecule has 1 fully saturated rings. The largest absolute Gasteiger partial charge is 0.326 e. The van der Waals surface area contributed by atoms with E-state index in [1.54, 1.807) is 53.9 Å². The lowest BCUT2D eigenvalue weighted by Gasteiger charge is -2.16. The van der Waals surface area contributed by atoms with E-state index in [9.17, 15) is 18.0 Å². The molecule has 0 spiro atoms. The number of amides is 2. The molecule has 10 heteroatoms. The molecule has 164 valence electrons. The smallest absolute Gasteiger partial charge is 0.294 e. The molecule has 1 aliphatic rings. The third-order valence-electron chi connectivity index (χ3n) is 4.60. The van der Waals surface area contributed by atoms with E-state index in [2.05, 4.69) is 9.71 Å². The Hall–Kier alpha value is -2.95. The van der Waals surface area contributed by atoms with Gasteiger partial charge >= 0.3 is 0 Å². The van der Waals surface area contributed by atoms with Crippen LogP contribution >= 0.6 is 23.1 Å². The Morgan fingerprint density at radius 3 is 2.44 bits per heavy atom. The average molecular weight is 486 g/mol. The molecule has 1 aromatic heterocycles. The highest BCUT2D eigenvalue weighted by molar-refractivity contribution is 8.16. The van der Waals surface area contributed by atoms with Crippen molar-refractivity contribution in [2.75, 3.05) is 10.2 Å². The number of hydrogen-bond acceptors (Lipinski definition) is 6. The zero-order chi connectivity index (χ0) is 22.7. The lowest BCUT2D eigenvalue weighted by atomic mass is 10.2. The van der Waals surface area contributed by atoms with Crippen molar-refractivity contribution in [2.24, 2.45) is 4.40 Å². The van der Waals surface area contributed by atoms with Crippen LogP contribution in [0.4, 0.5) is 11.4 Å². The minimum absolute atomic E-state index is 0.0303. The first-order chi connectivity index (χ1) is 15.3. The molecule has 2 amide bonds. The number of nitrogens with zero attached hydrogens (tertiary/aromatic N) is 2. The first kappa shape index (κ1) is 22.3. The number of rotatable bonds is 6. The molecule has 3 aromatic rings. The number of thioether (sulfide) groups is 1. The number of nitrogens with one attached hydrogen (secondary N) is 1. The summed E-state index contributed by atoms with van der Waals surface area (Å²) in [5, 5.41) is 3.66. The fourth-order valence-corrected chi connectivity index (χ4v) is 6.35. The van der Waals surface area contributed by atoms with E-state index in [0.717, 1.165) is 28.7 Å². The zero-order valence-corrected chi connectivity index (χ0v) is 19.4. The molecule has 2 heterocycles. The summed E-state index contributed by atoms with van der Waals surface area (Å²) in [6.45, 7) is 1.95. The van der Waals surface area contributed by atoms with Crippen molar-refractivity contribution in [3.8, 4) is 0 Å². The highest BCUT2D eigenvalue weighted by atomic mass is 32.2. The predicted octanol–water partition coefficient (Wildman–Crippen LogP) is 4.28. The number of amidine groups is 1. The lowest BCUT2D eigenvalue weighted by Crippen LogP contribution is -2.33. The van der Waals surface area contributed by atoms with Crippen LogP contribution in [-0.2, 0) is 19.6 Å². The predicted molar refractivity (Wildman–Crippen MR) is 129 cm³/mol. The second-order valence-corrected chi connectivity index (χ2v) is 11.0. The quantitative estimate of drug-likeness (QED) is 0.562. The summed E-state index contributed by atoms with van der Waals surface area (Å²) in [7, 11) is -3.98. The summed E-state index contributed by atoms with van der Waals surface area (Å²) >= 11 is 2.03. The molecule has 0 saturated carbocycles. The topological polar surface area (TPSA) is 95.9 Å². The van der Waals surface area contributed by atoms with Gasteiger partial charge in [0.15, 0.2) is 5.17 Å². The summed E-state index contributed by atoms with van der Waals surface area (Å²) in [6.07, 6.45) is -0.112. The van der Waals surface area contributed by atoms with E-state index in [1.165, 1.54) is 11.0 Å². The molecule has 1 unspecified atom stereocenters. The second kappa shape index (κ2) is 9.27. The van der Waals surface area contributed by atoms with Crippen LogP contribution in [0.2, 0.25) is 0 Å². The van der Waals surface area contributed by atoms with Crippen molar-refractivity contribution in [3.63, 3.8) is 0 Å². The summed E-state index contributed by atoms with van der Waals surface area (Å²) in [6, 6.07) is 19.1. The summed E-state index contributed by atoms with van der Waals surface area (Å²) in [4.78, 5) is 27.0. The molecule has 0 bridgehead atoms. The van der Waals surface area contributed by atoms with Crippen molar-refractivity contribution in [3.05, 3.63) is 77.7 Å². The first-order valence-electron chi connectivity index (χ1n) is 9.64. The minimum atomic E-state index is -3.98. The number of hydrogen-bond donors (Lipinski definition) is 1. The molecule has 7 nitrogen and oxygen atoms in total. The highest BCUT2D eigenvalue weighted by Gasteiger charge is 2.41. The molecular formula is C22H19N3O4S3. The number of carbonyl (C=O) groups is 2. The fourth-order valence-electron chi connectivity index (χ4n) is 3.05. The van der Waals surface area contributed by atoms with Gasteiger partial charge < -0.3 is 5.32 Å². The third-order valence-corrected chi connectivity index (χ3v) is 8.50. The number of carbonyl (C=O) groups excluding carboxylic acids is 2. The van der Waals surface area contributed by atoms with E-state index in [0.29, 0.717) is 11.4 Å². The van der Waals surface area contributed by atoms with E-state index in [1.807, 2.05) is 19.1 Å². The first-order valence-corrected chi connectivity index (χ1v) is 12.8. The van der Waals surface area contributed by atoms with E-state index in [4.69, 9.17) is 0 Å². The molecule has 1 saturated heterocycles. The van der Waals surface area contributed by atoms with Gasteiger partial charge in [0.05, 0.1) is 5.69 Å². The molecule has 0 radical (unpaired) electrons. The number of anilines is 2. The van der Waals surface area contributed by atoms with Crippen molar-refractivity contribution < 1.29 is 18.0 Å². The van der Waals surface area contributed by atoms with Crippen LogP contribution in [-0.4, -0.2) is 30.6 Å². The summed E-state index contributed by atoms with van der Waals surface area (Å²) in [5.74, 6) is -0.726. The second-order valence-electron chi connectivity index (χ2n) is 7.02. The molecule has 1 N–H and O–H groups in total. The average Bonchev–Trinajstić information content (AvgIpc) is 3.40. The van der Waals surface area contributed by atoms with Gasteiger partial charge in [0, 0.05) is 12.1 Å². The Kier molecular flexibility index (Phi) is 6.45. The number of sulfonamides is 1. The molecule has 32 heavy (non-hydrogen) atoms. The Morgan fingerprint density at radius 2 is 1.78 bits per heavy atom. The van der Waals surface area contributed by atoms with Gasteiger partial charge in [0.25, 0.3) is 10.0 Å². The maximum absolute atomic E-state index is 13.2. The summed E-state index contributed by atoms with van der Waals surface area (Å²) in [5.41, 5.74) is 2.19. The minimum Gasteiger partial charge on any atom is -0.326 e. The Bertz CT molecular complexity index is 1260. The monoisotopic (exact) mass is 485 g/mol. The van der Waals surface area contributed by atoms with Crippen molar-refractivity contribution in [1.82, 2.24) is 0 Å². The van der Waals surface area contributed by atoms with Gasteiger partial charge in [-0.1, -0.05) is 53.7 Å². The van der Waals surface area contributed by atoms with Crippen LogP contribution in [0.15, 0.2) is 80.7 Å². The van der Waals surface area contributed by atoms with Gasteiger partial charge in [0.1, 0.15) is 9.46 Å². The molecule has 1 atom stereocenters. The van der Waals surface area contributed by atoms with Gasteiger partial charge in [-0.2, -0.15) is 8.42 Å². The Morgan fingerprint density at radius 1 is 1.06 bits per heavy atom. The summed E-state index contributed by atoms with van der Waals surface area (Å²) < 4.78 is 29.5. The number of thiophene rings is 1. The molecule has 4 rings (SSSR count). The van der Waals surface area contributed by atoms with E-state index >= 15 is 0 Å². The normalized spacial score (nSPS) is 17.7. The van der Waals surface area contributed by atoms with Crippen LogP contribution in [0, 0.1) is 6.92 Å². The molecule has 0 aliphatic carbocycles. The van der Waals surface area contributed by atoms with Gasteiger partial charge in [-0.05, 0) is 42.6 Å². The van der Waals surface area contributed by atoms with Crippen LogP contribution in [0.5, 0.6) is 0 Å². The molecular weight excluding hydrogens is 466 g/mol. The van der Waals surface area contributed by atoms with E-state index in [-0.39, 0.29) is 27.6 Å². The number of para-hydroxylation sites is 1. The lowest BCUT2D eigenvalue weighted by molar-refractivity contribution is -0.121. The van der Waals surface area contributed by atoms with E-state index < -0.39 is 15.3 Å². The maximum atomic E-state index is 13.2. The molecule has 2 aromatic carbocycles.